The number of ether oxygens (including phenoxy) is 1. The smallest absolute Gasteiger partial charge is 0.471 e. The number of nitro groups is 1. The van der Waals surface area contributed by atoms with Crippen molar-refractivity contribution in [3.63, 3.8) is 0 Å². The summed E-state index contributed by atoms with van der Waals surface area (Å²) in [6, 6.07) is 12.1. The van der Waals surface area contributed by atoms with E-state index in [1.54, 1.807) is 30.3 Å². The number of nitrogens with zero attached hydrogens (tertiary/aromatic N) is 1. The summed E-state index contributed by atoms with van der Waals surface area (Å²) >= 11 is 0. The van der Waals surface area contributed by atoms with E-state index in [4.69, 9.17) is 4.74 Å². The maximum absolute atomic E-state index is 12.3. The van der Waals surface area contributed by atoms with Crippen LogP contribution in [0.5, 0.6) is 5.75 Å². The Balaban J connectivity index is 2.20. The third kappa shape index (κ3) is 4.45. The topological polar surface area (TPSA) is 81.5 Å². The summed E-state index contributed by atoms with van der Waals surface area (Å²) in [6.07, 6.45) is -5.16. The number of nitro benzene ring substituents is 1. The molecule has 2 rings (SSSR count). The summed E-state index contributed by atoms with van der Waals surface area (Å²) in [7, 11) is 0. The zero-order valence-corrected chi connectivity index (χ0v) is 12.0. The summed E-state index contributed by atoms with van der Waals surface area (Å²) in [5.74, 6) is -2.22. The summed E-state index contributed by atoms with van der Waals surface area (Å²) < 4.78 is 42.4. The molecular formula is C15H11F3N2O4. The van der Waals surface area contributed by atoms with E-state index < -0.39 is 28.4 Å². The molecule has 0 radical (unpaired) electrons. The van der Waals surface area contributed by atoms with Crippen molar-refractivity contribution in [2.75, 3.05) is 5.32 Å². The van der Waals surface area contributed by atoms with Crippen LogP contribution in [0.2, 0.25) is 0 Å². The Hall–Kier alpha value is -3.10. The molecule has 0 bridgehead atoms. The van der Waals surface area contributed by atoms with Crippen molar-refractivity contribution in [1.82, 2.24) is 0 Å². The molecule has 2 aromatic carbocycles. The third-order valence-corrected chi connectivity index (χ3v) is 2.92. The summed E-state index contributed by atoms with van der Waals surface area (Å²) in [6.45, 7) is 0.116. The van der Waals surface area contributed by atoms with Crippen molar-refractivity contribution in [2.24, 2.45) is 0 Å². The molecule has 2 aromatic rings. The second-order valence-corrected chi connectivity index (χ2v) is 4.66. The second kappa shape index (κ2) is 6.99. The average Bonchev–Trinajstić information content (AvgIpc) is 2.53. The maximum atomic E-state index is 12.3. The Labute approximate surface area is 134 Å². The Morgan fingerprint density at radius 3 is 2.42 bits per heavy atom. The number of amides is 1. The lowest BCUT2D eigenvalue weighted by Crippen LogP contribution is -2.30. The van der Waals surface area contributed by atoms with Gasteiger partial charge in [0.05, 0.1) is 4.92 Å². The van der Waals surface area contributed by atoms with Gasteiger partial charge in [-0.05, 0) is 11.6 Å². The van der Waals surface area contributed by atoms with Crippen LogP contribution >= 0.6 is 0 Å². The zero-order chi connectivity index (χ0) is 17.7. The van der Waals surface area contributed by atoms with Crippen LogP contribution in [0.15, 0.2) is 48.5 Å². The van der Waals surface area contributed by atoms with Crippen molar-refractivity contribution in [3.05, 3.63) is 64.2 Å². The molecule has 0 unspecified atom stereocenters. The highest BCUT2D eigenvalue weighted by Crippen LogP contribution is 2.30. The van der Waals surface area contributed by atoms with Gasteiger partial charge < -0.3 is 10.1 Å². The maximum Gasteiger partial charge on any atom is 0.471 e. The van der Waals surface area contributed by atoms with E-state index in [9.17, 15) is 28.1 Å². The predicted octanol–water partition coefficient (Wildman–Crippen LogP) is 3.67. The molecule has 0 aromatic heterocycles. The molecule has 24 heavy (non-hydrogen) atoms. The van der Waals surface area contributed by atoms with Crippen molar-refractivity contribution >= 4 is 17.3 Å². The van der Waals surface area contributed by atoms with Gasteiger partial charge in [0.1, 0.15) is 18.0 Å². The zero-order valence-electron chi connectivity index (χ0n) is 12.0. The highest BCUT2D eigenvalue weighted by Gasteiger charge is 2.39. The minimum absolute atomic E-state index is 0.0851. The van der Waals surface area contributed by atoms with Gasteiger partial charge in [0, 0.05) is 12.1 Å². The van der Waals surface area contributed by atoms with Crippen LogP contribution in [0, 0.1) is 10.1 Å². The first-order valence-electron chi connectivity index (χ1n) is 6.60. The number of nitrogens with one attached hydrogen (secondary N) is 1. The van der Waals surface area contributed by atoms with Crippen LogP contribution in [-0.2, 0) is 11.4 Å². The van der Waals surface area contributed by atoms with Crippen LogP contribution < -0.4 is 10.1 Å². The van der Waals surface area contributed by atoms with E-state index >= 15 is 0 Å². The van der Waals surface area contributed by atoms with Gasteiger partial charge in [0.15, 0.2) is 0 Å². The van der Waals surface area contributed by atoms with Gasteiger partial charge >= 0.3 is 12.1 Å². The third-order valence-electron chi connectivity index (χ3n) is 2.92. The average molecular weight is 340 g/mol. The van der Waals surface area contributed by atoms with Crippen LogP contribution in [0.25, 0.3) is 0 Å². The second-order valence-electron chi connectivity index (χ2n) is 4.66. The van der Waals surface area contributed by atoms with Gasteiger partial charge in [0.2, 0.25) is 0 Å². The highest BCUT2D eigenvalue weighted by molar-refractivity contribution is 5.97. The fourth-order valence-electron chi connectivity index (χ4n) is 1.80. The molecule has 0 spiro atoms. The van der Waals surface area contributed by atoms with Crippen LogP contribution in [-0.4, -0.2) is 17.0 Å². The molecule has 1 amide bonds. The molecule has 9 heteroatoms. The Bertz CT molecular complexity index is 748. The number of hydrogen-bond donors (Lipinski definition) is 1. The van der Waals surface area contributed by atoms with Gasteiger partial charge in [-0.1, -0.05) is 30.3 Å². The minimum atomic E-state index is -5.16. The fourth-order valence-corrected chi connectivity index (χ4v) is 1.80. The summed E-state index contributed by atoms with van der Waals surface area (Å²) in [5, 5.41) is 12.4. The summed E-state index contributed by atoms with van der Waals surface area (Å²) in [5.41, 5.74) is -0.454. The molecule has 0 saturated carbocycles. The van der Waals surface area contributed by atoms with Gasteiger partial charge in [-0.3, -0.25) is 14.9 Å². The lowest BCUT2D eigenvalue weighted by Gasteiger charge is -2.11. The molecule has 0 saturated heterocycles. The molecule has 0 aliphatic rings. The number of halogens is 3. The van der Waals surface area contributed by atoms with Gasteiger partial charge in [-0.2, -0.15) is 13.2 Å². The molecule has 0 fully saturated rings. The molecule has 1 N–H and O–H groups in total. The highest BCUT2D eigenvalue weighted by atomic mass is 19.4. The number of alkyl halides is 3. The standard InChI is InChI=1S/C15H11F3N2O4/c16-15(17,18)14(21)19-12-8-11(6-7-13(12)20(22)23)24-9-10-4-2-1-3-5-10/h1-8H,9H2,(H,19,21). The quantitative estimate of drug-likeness (QED) is 0.665. The monoisotopic (exact) mass is 340 g/mol. The van der Waals surface area contributed by atoms with E-state index in [0.29, 0.717) is 0 Å². The molecular weight excluding hydrogens is 329 g/mol. The summed E-state index contributed by atoms with van der Waals surface area (Å²) in [4.78, 5) is 21.0. The van der Waals surface area contributed by atoms with E-state index in [2.05, 4.69) is 0 Å². The van der Waals surface area contributed by atoms with Gasteiger partial charge in [-0.15, -0.1) is 0 Å². The Morgan fingerprint density at radius 1 is 1.17 bits per heavy atom. The first-order chi connectivity index (χ1) is 11.3. The lowest BCUT2D eigenvalue weighted by molar-refractivity contribution is -0.384. The van der Waals surface area contributed by atoms with Crippen molar-refractivity contribution in [2.45, 2.75) is 12.8 Å². The molecule has 126 valence electrons. The van der Waals surface area contributed by atoms with Crippen LogP contribution in [0.4, 0.5) is 24.5 Å². The Kier molecular flexibility index (Phi) is 5.02. The van der Waals surface area contributed by atoms with Crippen molar-refractivity contribution < 1.29 is 27.6 Å². The number of benzene rings is 2. The molecule has 0 heterocycles. The predicted molar refractivity (Wildman–Crippen MR) is 78.6 cm³/mol. The van der Waals surface area contributed by atoms with Crippen molar-refractivity contribution in [1.29, 1.82) is 0 Å². The molecule has 0 aliphatic carbocycles. The van der Waals surface area contributed by atoms with E-state index in [0.717, 1.165) is 17.7 Å². The molecule has 0 aliphatic heterocycles. The first-order valence-corrected chi connectivity index (χ1v) is 6.60. The normalized spacial score (nSPS) is 11.0. The van der Waals surface area contributed by atoms with E-state index in [-0.39, 0.29) is 12.4 Å². The minimum Gasteiger partial charge on any atom is -0.489 e. The van der Waals surface area contributed by atoms with Crippen molar-refractivity contribution in [3.8, 4) is 5.75 Å². The number of rotatable bonds is 5. The number of carbonyl (C=O) groups is 1. The van der Waals surface area contributed by atoms with E-state index in [1.165, 1.54) is 11.4 Å². The molecule has 0 atom stereocenters. The largest absolute Gasteiger partial charge is 0.489 e. The Morgan fingerprint density at radius 2 is 1.83 bits per heavy atom. The first kappa shape index (κ1) is 17.3. The number of anilines is 1. The van der Waals surface area contributed by atoms with Crippen LogP contribution in [0.1, 0.15) is 5.56 Å². The fraction of sp³-hybridized carbons (Fsp3) is 0.133. The lowest BCUT2D eigenvalue weighted by atomic mass is 10.2. The van der Waals surface area contributed by atoms with Gasteiger partial charge in [-0.25, -0.2) is 0 Å². The molecule has 6 nitrogen and oxygen atoms in total. The SMILES string of the molecule is O=C(Nc1cc(OCc2ccccc2)ccc1[N+](=O)[O-])C(F)(F)F. The number of carbonyl (C=O) groups excluding carboxylic acids is 1. The van der Waals surface area contributed by atoms with Crippen LogP contribution in [0.3, 0.4) is 0 Å². The van der Waals surface area contributed by atoms with E-state index in [1.807, 2.05) is 0 Å². The van der Waals surface area contributed by atoms with Gasteiger partial charge in [0.25, 0.3) is 5.69 Å². The number of hydrogen-bond acceptors (Lipinski definition) is 4.